The van der Waals surface area contributed by atoms with Crippen molar-refractivity contribution in [3.63, 3.8) is 0 Å². The van der Waals surface area contributed by atoms with Crippen molar-refractivity contribution in [2.75, 3.05) is 50.8 Å². The van der Waals surface area contributed by atoms with Crippen molar-refractivity contribution in [1.82, 2.24) is 10.2 Å². The van der Waals surface area contributed by atoms with Crippen molar-refractivity contribution >= 4 is 11.6 Å². The number of hydrogen-bond acceptors (Lipinski definition) is 4. The van der Waals surface area contributed by atoms with Crippen LogP contribution < -0.4 is 10.2 Å². The van der Waals surface area contributed by atoms with Crippen molar-refractivity contribution in [2.45, 2.75) is 12.5 Å². The maximum atomic E-state index is 12.8. The van der Waals surface area contributed by atoms with E-state index in [9.17, 15) is 4.79 Å². The molecule has 0 bridgehead atoms. The first-order valence-corrected chi connectivity index (χ1v) is 7.72. The first-order chi connectivity index (χ1) is 10.3. The lowest BCUT2D eigenvalue weighted by atomic mass is 10.1. The first kappa shape index (κ1) is 14.5. The number of rotatable bonds is 4. The molecule has 114 valence electrons. The monoisotopic (exact) mass is 289 g/mol. The van der Waals surface area contributed by atoms with Gasteiger partial charge in [0.2, 0.25) is 5.91 Å². The van der Waals surface area contributed by atoms with Crippen molar-refractivity contribution in [2.24, 2.45) is 0 Å². The van der Waals surface area contributed by atoms with Crippen LogP contribution >= 0.6 is 0 Å². The van der Waals surface area contributed by atoms with E-state index in [0.717, 1.165) is 51.5 Å². The highest BCUT2D eigenvalue weighted by molar-refractivity contribution is 5.95. The summed E-state index contributed by atoms with van der Waals surface area (Å²) in [6.45, 7) is 5.49. The van der Waals surface area contributed by atoms with Crippen LogP contribution in [-0.4, -0.2) is 62.8 Å². The van der Waals surface area contributed by atoms with Crippen LogP contribution in [0.3, 0.4) is 0 Å². The third kappa shape index (κ3) is 3.61. The zero-order chi connectivity index (χ0) is 14.5. The van der Waals surface area contributed by atoms with Crippen molar-refractivity contribution in [3.05, 3.63) is 30.3 Å². The minimum atomic E-state index is 0.191. The molecule has 2 aliphatic rings. The van der Waals surface area contributed by atoms with E-state index in [1.807, 2.05) is 35.2 Å². The molecule has 2 aliphatic heterocycles. The van der Waals surface area contributed by atoms with Gasteiger partial charge in [-0.3, -0.25) is 9.69 Å². The highest BCUT2D eigenvalue weighted by Crippen LogP contribution is 2.20. The molecule has 2 saturated heterocycles. The standard InChI is InChI=1S/C16H23N3O2/c20-16(13-18-8-10-21-11-9-18)19(15-6-7-17-12-15)14-4-2-1-3-5-14/h1-5,15,17H,6-13H2. The number of ether oxygens (including phenoxy) is 1. The third-order valence-corrected chi connectivity index (χ3v) is 4.17. The van der Waals surface area contributed by atoms with Gasteiger partial charge in [-0.05, 0) is 25.1 Å². The number of amides is 1. The van der Waals surface area contributed by atoms with E-state index in [-0.39, 0.29) is 11.9 Å². The van der Waals surface area contributed by atoms with Gasteiger partial charge in [-0.25, -0.2) is 0 Å². The number of anilines is 1. The van der Waals surface area contributed by atoms with Crippen molar-refractivity contribution in [1.29, 1.82) is 0 Å². The molecule has 0 aliphatic carbocycles. The van der Waals surface area contributed by atoms with E-state index in [4.69, 9.17) is 4.74 Å². The number of hydrogen-bond donors (Lipinski definition) is 1. The molecule has 0 aromatic heterocycles. The van der Waals surface area contributed by atoms with Gasteiger partial charge in [0.05, 0.1) is 25.8 Å². The van der Waals surface area contributed by atoms with Crippen molar-refractivity contribution < 1.29 is 9.53 Å². The zero-order valence-corrected chi connectivity index (χ0v) is 12.3. The van der Waals surface area contributed by atoms with E-state index in [1.54, 1.807) is 0 Å². The number of carbonyl (C=O) groups is 1. The van der Waals surface area contributed by atoms with Crippen LogP contribution in [0.4, 0.5) is 5.69 Å². The Labute approximate surface area is 125 Å². The van der Waals surface area contributed by atoms with Crippen LogP contribution in [-0.2, 0) is 9.53 Å². The molecule has 0 spiro atoms. The largest absolute Gasteiger partial charge is 0.379 e. The molecule has 3 rings (SSSR count). The SMILES string of the molecule is O=C(CN1CCOCC1)N(c1ccccc1)C1CCNC1. The molecule has 5 nitrogen and oxygen atoms in total. The topological polar surface area (TPSA) is 44.8 Å². The summed E-state index contributed by atoms with van der Waals surface area (Å²) in [5, 5.41) is 3.35. The van der Waals surface area contributed by atoms with Crippen LogP contribution in [0, 0.1) is 0 Å². The molecule has 1 atom stereocenters. The quantitative estimate of drug-likeness (QED) is 0.887. The Hall–Kier alpha value is -1.43. The molecule has 1 N–H and O–H groups in total. The lowest BCUT2D eigenvalue weighted by Gasteiger charge is -2.32. The second-order valence-corrected chi connectivity index (χ2v) is 5.63. The minimum absolute atomic E-state index is 0.191. The molecule has 5 heteroatoms. The normalized spacial score (nSPS) is 23.1. The average molecular weight is 289 g/mol. The highest BCUT2D eigenvalue weighted by atomic mass is 16.5. The average Bonchev–Trinajstić information content (AvgIpc) is 3.03. The van der Waals surface area contributed by atoms with E-state index >= 15 is 0 Å². The zero-order valence-electron chi connectivity index (χ0n) is 12.3. The van der Waals surface area contributed by atoms with Gasteiger partial charge < -0.3 is 15.0 Å². The summed E-state index contributed by atoms with van der Waals surface area (Å²) in [6, 6.07) is 10.3. The van der Waals surface area contributed by atoms with Gasteiger partial charge in [0.25, 0.3) is 0 Å². The molecular formula is C16H23N3O2. The van der Waals surface area contributed by atoms with Crippen LogP contribution in [0.15, 0.2) is 30.3 Å². The smallest absolute Gasteiger partial charge is 0.241 e. The van der Waals surface area contributed by atoms with Gasteiger partial charge >= 0.3 is 0 Å². The maximum absolute atomic E-state index is 12.8. The Kier molecular flexibility index (Phi) is 4.85. The second kappa shape index (κ2) is 7.02. The first-order valence-electron chi connectivity index (χ1n) is 7.72. The Morgan fingerprint density at radius 1 is 1.29 bits per heavy atom. The van der Waals surface area contributed by atoms with Gasteiger partial charge in [-0.2, -0.15) is 0 Å². The number of para-hydroxylation sites is 1. The Morgan fingerprint density at radius 2 is 2.05 bits per heavy atom. The fourth-order valence-electron chi connectivity index (χ4n) is 3.03. The van der Waals surface area contributed by atoms with Crippen LogP contribution in [0.5, 0.6) is 0 Å². The summed E-state index contributed by atoms with van der Waals surface area (Å²) in [5.74, 6) is 0.191. The third-order valence-electron chi connectivity index (χ3n) is 4.17. The number of nitrogens with zero attached hydrogens (tertiary/aromatic N) is 2. The Bertz CT molecular complexity index is 454. The van der Waals surface area contributed by atoms with Gasteiger partial charge in [0, 0.05) is 25.3 Å². The van der Waals surface area contributed by atoms with E-state index < -0.39 is 0 Å². The van der Waals surface area contributed by atoms with Gasteiger partial charge in [0.15, 0.2) is 0 Å². The Balaban J connectivity index is 1.72. The van der Waals surface area contributed by atoms with Crippen LogP contribution in [0.2, 0.25) is 0 Å². The van der Waals surface area contributed by atoms with E-state index in [0.29, 0.717) is 6.54 Å². The molecule has 1 amide bonds. The summed E-state index contributed by atoms with van der Waals surface area (Å²) in [4.78, 5) is 17.0. The van der Waals surface area contributed by atoms with Gasteiger partial charge in [-0.1, -0.05) is 18.2 Å². The second-order valence-electron chi connectivity index (χ2n) is 5.63. The summed E-state index contributed by atoms with van der Waals surface area (Å²) < 4.78 is 5.35. The molecule has 2 heterocycles. The molecule has 1 aromatic carbocycles. The lowest BCUT2D eigenvalue weighted by Crippen LogP contribution is -2.49. The molecule has 0 saturated carbocycles. The number of carbonyl (C=O) groups excluding carboxylic acids is 1. The summed E-state index contributed by atoms with van der Waals surface area (Å²) in [5.41, 5.74) is 1.00. The van der Waals surface area contributed by atoms with E-state index in [2.05, 4.69) is 10.2 Å². The minimum Gasteiger partial charge on any atom is -0.379 e. The molecule has 1 aromatic rings. The number of morpholine rings is 1. The summed E-state index contributed by atoms with van der Waals surface area (Å²) >= 11 is 0. The fraction of sp³-hybridized carbons (Fsp3) is 0.562. The fourth-order valence-corrected chi connectivity index (χ4v) is 3.03. The predicted molar refractivity (Wildman–Crippen MR) is 82.5 cm³/mol. The predicted octanol–water partition coefficient (Wildman–Crippen LogP) is 0.714. The summed E-state index contributed by atoms with van der Waals surface area (Å²) in [7, 11) is 0. The molecule has 1 unspecified atom stereocenters. The molecule has 21 heavy (non-hydrogen) atoms. The molecule has 0 radical (unpaired) electrons. The molecular weight excluding hydrogens is 266 g/mol. The van der Waals surface area contributed by atoms with E-state index in [1.165, 1.54) is 0 Å². The highest BCUT2D eigenvalue weighted by Gasteiger charge is 2.29. The lowest BCUT2D eigenvalue weighted by molar-refractivity contribution is -0.121. The van der Waals surface area contributed by atoms with Crippen molar-refractivity contribution in [3.8, 4) is 0 Å². The maximum Gasteiger partial charge on any atom is 0.241 e. The van der Waals surface area contributed by atoms with Gasteiger partial charge in [-0.15, -0.1) is 0 Å². The van der Waals surface area contributed by atoms with Crippen LogP contribution in [0.1, 0.15) is 6.42 Å². The number of nitrogens with one attached hydrogen (secondary N) is 1. The number of benzene rings is 1. The Morgan fingerprint density at radius 3 is 2.71 bits per heavy atom. The van der Waals surface area contributed by atoms with Gasteiger partial charge in [0.1, 0.15) is 0 Å². The van der Waals surface area contributed by atoms with Crippen LogP contribution in [0.25, 0.3) is 0 Å². The summed E-state index contributed by atoms with van der Waals surface area (Å²) in [6.07, 6.45) is 1.02. The molecule has 2 fully saturated rings.